The first kappa shape index (κ1) is 14.7. The van der Waals surface area contributed by atoms with Crippen LogP contribution in [0, 0.1) is 0 Å². The molecule has 1 amide bonds. The number of carbonyl (C=O) groups is 1. The van der Waals surface area contributed by atoms with Gasteiger partial charge >= 0.3 is 0 Å². The van der Waals surface area contributed by atoms with Crippen molar-refractivity contribution in [2.24, 2.45) is 0 Å². The Balaban J connectivity index is 1.59. The van der Waals surface area contributed by atoms with E-state index >= 15 is 0 Å². The third kappa shape index (κ3) is 3.89. The van der Waals surface area contributed by atoms with E-state index in [-0.39, 0.29) is 18.6 Å². The summed E-state index contributed by atoms with van der Waals surface area (Å²) in [4.78, 5) is 12.1. The maximum Gasteiger partial charge on any atom is 0.244 e. The van der Waals surface area contributed by atoms with Crippen LogP contribution in [-0.4, -0.2) is 29.8 Å². The third-order valence-electron chi connectivity index (χ3n) is 3.60. The quantitative estimate of drug-likeness (QED) is 0.892. The van der Waals surface area contributed by atoms with Crippen LogP contribution in [-0.2, 0) is 16.1 Å². The molecular weight excluding hydrogens is 280 g/mol. The molecule has 1 aliphatic heterocycles. The van der Waals surface area contributed by atoms with Gasteiger partial charge in [0.15, 0.2) is 0 Å². The average Bonchev–Trinajstić information content (AvgIpc) is 3.19. The average molecular weight is 300 g/mol. The fourth-order valence-electron chi connectivity index (χ4n) is 2.49. The highest BCUT2D eigenvalue weighted by atomic mass is 16.5. The highest BCUT2D eigenvalue weighted by molar-refractivity contribution is 5.92. The van der Waals surface area contributed by atoms with Gasteiger partial charge in [0.05, 0.1) is 11.8 Å². The van der Waals surface area contributed by atoms with Crippen molar-refractivity contribution < 1.29 is 14.3 Å². The van der Waals surface area contributed by atoms with E-state index in [1.54, 1.807) is 0 Å². The fraction of sp³-hybridized carbons (Fsp3) is 0.353. The zero-order chi connectivity index (χ0) is 15.2. The molecule has 1 fully saturated rings. The van der Waals surface area contributed by atoms with E-state index in [1.165, 1.54) is 0 Å². The summed E-state index contributed by atoms with van der Waals surface area (Å²) in [7, 11) is 0. The standard InChI is InChI=1S/C17H20N2O3/c20-17(12-19-9-3-4-10-19)18-15-7-1-2-8-16(15)22-13-14-6-5-11-21-14/h1-4,7-10,14H,5-6,11-13H2,(H,18,20). The SMILES string of the molecule is O=C(Cn1cccc1)Nc1ccccc1OCC1CCCO1. The summed E-state index contributed by atoms with van der Waals surface area (Å²) in [5.41, 5.74) is 0.692. The Morgan fingerprint density at radius 2 is 2.09 bits per heavy atom. The molecule has 0 radical (unpaired) electrons. The Kier molecular flexibility index (Phi) is 4.75. The maximum absolute atomic E-state index is 12.1. The lowest BCUT2D eigenvalue weighted by molar-refractivity contribution is -0.116. The maximum atomic E-state index is 12.1. The van der Waals surface area contributed by atoms with Gasteiger partial charge in [0.2, 0.25) is 5.91 Å². The molecule has 0 aliphatic carbocycles. The van der Waals surface area contributed by atoms with Crippen LogP contribution in [0.5, 0.6) is 5.75 Å². The number of carbonyl (C=O) groups excluding carboxylic acids is 1. The number of hydrogen-bond acceptors (Lipinski definition) is 3. The number of nitrogens with zero attached hydrogens (tertiary/aromatic N) is 1. The second kappa shape index (κ2) is 7.13. The summed E-state index contributed by atoms with van der Waals surface area (Å²) < 4.78 is 13.2. The molecule has 1 atom stereocenters. The minimum absolute atomic E-state index is 0.0793. The zero-order valence-corrected chi connectivity index (χ0v) is 12.4. The van der Waals surface area contributed by atoms with Gasteiger partial charge in [-0.05, 0) is 37.1 Å². The molecule has 1 N–H and O–H groups in total. The summed E-state index contributed by atoms with van der Waals surface area (Å²) in [6.07, 6.45) is 5.99. The number of hydrogen-bond donors (Lipinski definition) is 1. The molecular formula is C17H20N2O3. The molecule has 2 heterocycles. The van der Waals surface area contributed by atoms with Crippen molar-refractivity contribution >= 4 is 11.6 Å². The second-order valence-electron chi connectivity index (χ2n) is 5.35. The van der Waals surface area contributed by atoms with Crippen molar-refractivity contribution in [2.45, 2.75) is 25.5 Å². The lowest BCUT2D eigenvalue weighted by atomic mass is 10.2. The van der Waals surface area contributed by atoms with E-state index in [4.69, 9.17) is 9.47 Å². The van der Waals surface area contributed by atoms with Gasteiger partial charge in [-0.1, -0.05) is 12.1 Å². The molecule has 0 spiro atoms. The van der Waals surface area contributed by atoms with Gasteiger partial charge in [-0.3, -0.25) is 4.79 Å². The monoisotopic (exact) mass is 300 g/mol. The number of amides is 1. The van der Waals surface area contributed by atoms with Crippen molar-refractivity contribution in [1.82, 2.24) is 4.57 Å². The lowest BCUT2D eigenvalue weighted by Crippen LogP contribution is -2.20. The molecule has 22 heavy (non-hydrogen) atoms. The summed E-state index contributed by atoms with van der Waals surface area (Å²) in [5, 5.41) is 2.90. The Morgan fingerprint density at radius 1 is 1.27 bits per heavy atom. The molecule has 3 rings (SSSR count). The van der Waals surface area contributed by atoms with Crippen molar-refractivity contribution in [3.05, 3.63) is 48.8 Å². The molecule has 0 bridgehead atoms. The molecule has 1 saturated heterocycles. The van der Waals surface area contributed by atoms with E-state index in [9.17, 15) is 4.79 Å². The largest absolute Gasteiger partial charge is 0.489 e. The number of para-hydroxylation sites is 2. The predicted octanol–water partition coefficient (Wildman–Crippen LogP) is 2.68. The molecule has 5 heteroatoms. The smallest absolute Gasteiger partial charge is 0.244 e. The van der Waals surface area contributed by atoms with Gasteiger partial charge in [-0.2, -0.15) is 0 Å². The van der Waals surface area contributed by atoms with Crippen LogP contribution in [0.4, 0.5) is 5.69 Å². The molecule has 1 aromatic heterocycles. The van der Waals surface area contributed by atoms with Crippen LogP contribution in [0.2, 0.25) is 0 Å². The molecule has 116 valence electrons. The van der Waals surface area contributed by atoms with Crippen molar-refractivity contribution in [3.8, 4) is 5.75 Å². The van der Waals surface area contributed by atoms with Crippen LogP contribution < -0.4 is 10.1 Å². The molecule has 0 saturated carbocycles. The highest BCUT2D eigenvalue weighted by Gasteiger charge is 2.17. The van der Waals surface area contributed by atoms with Crippen LogP contribution in [0.15, 0.2) is 48.8 Å². The lowest BCUT2D eigenvalue weighted by Gasteiger charge is -2.15. The fourth-order valence-corrected chi connectivity index (χ4v) is 2.49. The number of aromatic nitrogens is 1. The zero-order valence-electron chi connectivity index (χ0n) is 12.4. The molecule has 2 aromatic rings. The summed E-state index contributed by atoms with van der Waals surface area (Å²) in [5.74, 6) is 0.600. The second-order valence-corrected chi connectivity index (χ2v) is 5.35. The molecule has 1 aromatic carbocycles. The van der Waals surface area contributed by atoms with Gasteiger partial charge in [0, 0.05) is 19.0 Å². The first-order valence-electron chi connectivity index (χ1n) is 7.55. The van der Waals surface area contributed by atoms with Crippen molar-refractivity contribution in [1.29, 1.82) is 0 Å². The number of nitrogens with one attached hydrogen (secondary N) is 1. The Bertz CT molecular complexity index is 604. The molecule has 5 nitrogen and oxygen atoms in total. The van der Waals surface area contributed by atoms with E-state index in [2.05, 4.69) is 5.32 Å². The number of anilines is 1. The van der Waals surface area contributed by atoms with Crippen LogP contribution in [0.25, 0.3) is 0 Å². The summed E-state index contributed by atoms with van der Waals surface area (Å²) in [6.45, 7) is 1.61. The summed E-state index contributed by atoms with van der Waals surface area (Å²) >= 11 is 0. The highest BCUT2D eigenvalue weighted by Crippen LogP contribution is 2.25. The minimum atomic E-state index is -0.0793. The van der Waals surface area contributed by atoms with E-state index < -0.39 is 0 Å². The Hall–Kier alpha value is -2.27. The van der Waals surface area contributed by atoms with Crippen molar-refractivity contribution in [3.63, 3.8) is 0 Å². The van der Waals surface area contributed by atoms with Crippen LogP contribution in [0.1, 0.15) is 12.8 Å². The predicted molar refractivity (Wildman–Crippen MR) is 84.0 cm³/mol. The normalized spacial score (nSPS) is 17.4. The van der Waals surface area contributed by atoms with Gasteiger partial charge in [-0.15, -0.1) is 0 Å². The molecule has 1 unspecified atom stereocenters. The van der Waals surface area contributed by atoms with Gasteiger partial charge < -0.3 is 19.4 Å². The van der Waals surface area contributed by atoms with Crippen LogP contribution >= 0.6 is 0 Å². The number of rotatable bonds is 6. The van der Waals surface area contributed by atoms with E-state index in [0.717, 1.165) is 19.4 Å². The van der Waals surface area contributed by atoms with E-state index in [0.29, 0.717) is 18.0 Å². The van der Waals surface area contributed by atoms with Gasteiger partial charge in [0.1, 0.15) is 18.9 Å². The number of benzene rings is 1. The van der Waals surface area contributed by atoms with Gasteiger partial charge in [-0.25, -0.2) is 0 Å². The summed E-state index contributed by atoms with van der Waals surface area (Å²) in [6, 6.07) is 11.3. The Labute approximate surface area is 129 Å². The first-order chi connectivity index (χ1) is 10.8. The number of ether oxygens (including phenoxy) is 2. The third-order valence-corrected chi connectivity index (χ3v) is 3.60. The van der Waals surface area contributed by atoms with Crippen molar-refractivity contribution in [2.75, 3.05) is 18.5 Å². The molecule has 1 aliphatic rings. The van der Waals surface area contributed by atoms with Crippen LogP contribution in [0.3, 0.4) is 0 Å². The van der Waals surface area contributed by atoms with E-state index in [1.807, 2.05) is 53.4 Å². The Morgan fingerprint density at radius 3 is 2.86 bits per heavy atom. The topological polar surface area (TPSA) is 52.5 Å². The first-order valence-corrected chi connectivity index (χ1v) is 7.55. The minimum Gasteiger partial charge on any atom is -0.489 e. The van der Waals surface area contributed by atoms with Gasteiger partial charge in [0.25, 0.3) is 0 Å².